The van der Waals surface area contributed by atoms with Gasteiger partial charge in [0.1, 0.15) is 18.3 Å². The molecule has 4 atom stereocenters. The molecule has 1 saturated carbocycles. The molecule has 6 N–H and O–H groups in total. The number of likely N-dealkylation sites (N-methyl/N-ethyl adjacent to an activating group) is 1. The molecular formula is C35H57N5O8S. The number of amides is 4. The number of hydrogen-bond donors (Lipinski definition) is 4. The summed E-state index contributed by atoms with van der Waals surface area (Å²) in [4.78, 5) is 68.3. The van der Waals surface area contributed by atoms with E-state index in [0.29, 0.717) is 32.2 Å². The second-order valence-electron chi connectivity index (χ2n) is 13.3. The van der Waals surface area contributed by atoms with E-state index in [2.05, 4.69) is 10.1 Å². The average Bonchev–Trinajstić information content (AvgIpc) is 3.06. The predicted molar refractivity (Wildman–Crippen MR) is 189 cm³/mol. The summed E-state index contributed by atoms with van der Waals surface area (Å²) >= 11 is 0. The zero-order valence-corrected chi connectivity index (χ0v) is 30.6. The molecular weight excluding hydrogens is 650 g/mol. The minimum Gasteiger partial charge on any atom is -0.508 e. The molecule has 0 saturated heterocycles. The lowest BCUT2D eigenvalue weighted by molar-refractivity contribution is -0.150. The maximum Gasteiger partial charge on any atom is 0.305 e. The van der Waals surface area contributed by atoms with Crippen LogP contribution in [0.15, 0.2) is 12.1 Å². The Morgan fingerprint density at radius 3 is 2.18 bits per heavy atom. The lowest BCUT2D eigenvalue weighted by Gasteiger charge is -2.31. The fraction of sp³-hybridized carbons (Fsp3) is 0.686. The number of nitrogens with two attached hydrogens (primary N) is 2. The molecule has 0 bridgehead atoms. The number of esters is 1. The zero-order valence-electron chi connectivity index (χ0n) is 29.8. The van der Waals surface area contributed by atoms with Gasteiger partial charge in [-0.1, -0.05) is 38.5 Å². The molecule has 1 aliphatic rings. The van der Waals surface area contributed by atoms with Crippen molar-refractivity contribution in [3.63, 3.8) is 0 Å². The molecule has 49 heavy (non-hydrogen) atoms. The first-order chi connectivity index (χ1) is 23.1. The summed E-state index contributed by atoms with van der Waals surface area (Å²) in [6.07, 6.45) is 9.43. The molecule has 0 radical (unpaired) electrons. The molecule has 0 aromatic heterocycles. The molecule has 14 heteroatoms. The SMILES string of the molecule is COC(=O)CCCCCN(C)C(=O)[C@H](CC1CCCCC1)NC(=O)CN(C(=O)[C@H](N)CCS(C)=O)C(=O)[C@@H](N)Cc1c(C)cc(O)cc1C. The van der Waals surface area contributed by atoms with Crippen LogP contribution in [0.2, 0.25) is 0 Å². The molecule has 2 rings (SSSR count). The van der Waals surface area contributed by atoms with Crippen molar-refractivity contribution in [3.8, 4) is 5.75 Å². The summed E-state index contributed by atoms with van der Waals surface area (Å²) in [5.41, 5.74) is 14.7. The lowest BCUT2D eigenvalue weighted by atomic mass is 9.84. The Labute approximate surface area is 293 Å². The van der Waals surface area contributed by atoms with Gasteiger partial charge >= 0.3 is 5.97 Å². The molecule has 1 aromatic carbocycles. The first-order valence-corrected chi connectivity index (χ1v) is 18.9. The molecule has 1 aromatic rings. The maximum absolute atomic E-state index is 13.8. The third kappa shape index (κ3) is 14.2. The van der Waals surface area contributed by atoms with Crippen LogP contribution in [0, 0.1) is 19.8 Å². The number of hydrogen-bond acceptors (Lipinski definition) is 10. The summed E-state index contributed by atoms with van der Waals surface area (Å²) in [6, 6.07) is -0.167. The van der Waals surface area contributed by atoms with E-state index in [4.69, 9.17) is 11.5 Å². The number of imide groups is 1. The van der Waals surface area contributed by atoms with Gasteiger partial charge in [-0.3, -0.25) is 33.1 Å². The molecule has 1 unspecified atom stereocenters. The number of nitrogens with zero attached hydrogens (tertiary/aromatic N) is 2. The van der Waals surface area contributed by atoms with E-state index in [1.54, 1.807) is 37.9 Å². The highest BCUT2D eigenvalue weighted by molar-refractivity contribution is 7.84. The summed E-state index contributed by atoms with van der Waals surface area (Å²) in [7, 11) is 1.79. The second kappa shape index (κ2) is 21.0. The third-order valence-electron chi connectivity index (χ3n) is 9.19. The Kier molecular flexibility index (Phi) is 17.9. The maximum atomic E-state index is 13.8. The molecule has 0 heterocycles. The molecule has 276 valence electrons. The first-order valence-electron chi connectivity index (χ1n) is 17.2. The van der Waals surface area contributed by atoms with E-state index in [0.717, 1.165) is 60.1 Å². The number of carbonyl (C=O) groups is 5. The Bertz CT molecular complexity index is 1300. The van der Waals surface area contributed by atoms with Crippen molar-refractivity contribution in [2.75, 3.05) is 39.3 Å². The summed E-state index contributed by atoms with van der Waals surface area (Å²) in [5.74, 6) is -2.42. The number of rotatable bonds is 19. The monoisotopic (exact) mass is 707 g/mol. The number of methoxy groups -OCH3 is 1. The van der Waals surface area contributed by atoms with Gasteiger partial charge in [0.2, 0.25) is 23.6 Å². The molecule has 1 fully saturated rings. The largest absolute Gasteiger partial charge is 0.508 e. The average molecular weight is 708 g/mol. The molecule has 1 aliphatic carbocycles. The normalized spacial score (nSPS) is 15.8. The van der Waals surface area contributed by atoms with Crippen LogP contribution >= 0.6 is 0 Å². The van der Waals surface area contributed by atoms with E-state index in [9.17, 15) is 33.3 Å². The van der Waals surface area contributed by atoms with Gasteiger partial charge in [-0.25, -0.2) is 0 Å². The van der Waals surface area contributed by atoms with Gasteiger partial charge in [0.25, 0.3) is 0 Å². The van der Waals surface area contributed by atoms with Crippen molar-refractivity contribution in [1.29, 1.82) is 0 Å². The van der Waals surface area contributed by atoms with Crippen molar-refractivity contribution < 1.29 is 38.0 Å². The van der Waals surface area contributed by atoms with Gasteiger partial charge in [-0.15, -0.1) is 0 Å². The number of unbranched alkanes of at least 4 members (excludes halogenated alkanes) is 2. The van der Waals surface area contributed by atoms with Crippen molar-refractivity contribution >= 4 is 40.4 Å². The van der Waals surface area contributed by atoms with Crippen LogP contribution in [-0.4, -0.2) is 106 Å². The number of phenolic OH excluding ortho intramolecular Hbond substituents is 1. The van der Waals surface area contributed by atoms with E-state index >= 15 is 0 Å². The first kappa shape index (κ1) is 41.8. The van der Waals surface area contributed by atoms with Crippen LogP contribution < -0.4 is 16.8 Å². The standard InChI is InChI=1S/C35H57N5O8S/c1-23-18-26(41)19-24(2)27(23)21-29(37)34(45)40(33(44)28(36)15-17-49(5)47)22-31(42)38-30(20-25-12-8-6-9-13-25)35(46)39(3)16-11-7-10-14-32(43)48-4/h18-19,25,28-30,41H,6-17,20-22,36-37H2,1-5H3,(H,38,42)/t28-,29+,30+,49?/m1/s1. The highest BCUT2D eigenvalue weighted by atomic mass is 32.2. The number of aryl methyl sites for hydroxylation is 2. The second-order valence-corrected chi connectivity index (χ2v) is 14.9. The predicted octanol–water partition coefficient (Wildman–Crippen LogP) is 1.98. The summed E-state index contributed by atoms with van der Waals surface area (Å²) in [5, 5.41) is 12.8. The molecule has 13 nitrogen and oxygen atoms in total. The van der Waals surface area contributed by atoms with Crippen LogP contribution in [0.5, 0.6) is 5.75 Å². The quantitative estimate of drug-likeness (QED) is 0.122. The van der Waals surface area contributed by atoms with Gasteiger partial charge in [0.05, 0.1) is 19.2 Å². The van der Waals surface area contributed by atoms with Crippen LogP contribution in [0.3, 0.4) is 0 Å². The third-order valence-corrected chi connectivity index (χ3v) is 10.0. The number of benzene rings is 1. The van der Waals surface area contributed by atoms with Crippen molar-refractivity contribution in [3.05, 3.63) is 28.8 Å². The van der Waals surface area contributed by atoms with Gasteiger partial charge in [0.15, 0.2) is 0 Å². The highest BCUT2D eigenvalue weighted by Gasteiger charge is 2.34. The molecule has 0 spiro atoms. The minimum absolute atomic E-state index is 0.0337. The number of aromatic hydroxyl groups is 1. The van der Waals surface area contributed by atoms with E-state index in [1.165, 1.54) is 13.4 Å². The van der Waals surface area contributed by atoms with E-state index in [1.807, 2.05) is 0 Å². The Hall–Kier alpha value is -3.36. The van der Waals surface area contributed by atoms with Crippen LogP contribution in [0.1, 0.15) is 87.3 Å². The van der Waals surface area contributed by atoms with Crippen molar-refractivity contribution in [1.82, 2.24) is 15.1 Å². The fourth-order valence-electron chi connectivity index (χ4n) is 6.32. The summed E-state index contributed by atoms with van der Waals surface area (Å²) < 4.78 is 16.4. The van der Waals surface area contributed by atoms with Gasteiger partial charge < -0.3 is 31.5 Å². The smallest absolute Gasteiger partial charge is 0.305 e. The topological polar surface area (TPSA) is 202 Å². The lowest BCUT2D eigenvalue weighted by Crippen LogP contribution is -2.57. The summed E-state index contributed by atoms with van der Waals surface area (Å²) in [6.45, 7) is 3.30. The van der Waals surface area contributed by atoms with Gasteiger partial charge in [-0.2, -0.15) is 0 Å². The van der Waals surface area contributed by atoms with E-state index < -0.39 is 53.2 Å². The Balaban J connectivity index is 2.24. The Morgan fingerprint density at radius 1 is 0.980 bits per heavy atom. The van der Waals surface area contributed by atoms with E-state index in [-0.39, 0.29) is 42.1 Å². The van der Waals surface area contributed by atoms with Crippen LogP contribution in [-0.2, 0) is 45.9 Å². The van der Waals surface area contributed by atoms with Crippen molar-refractivity contribution in [2.24, 2.45) is 17.4 Å². The van der Waals surface area contributed by atoms with Crippen LogP contribution in [0.25, 0.3) is 0 Å². The van der Waals surface area contributed by atoms with Crippen LogP contribution in [0.4, 0.5) is 0 Å². The molecule has 4 amide bonds. The number of carbonyl (C=O) groups excluding carboxylic acids is 5. The van der Waals surface area contributed by atoms with Gasteiger partial charge in [-0.05, 0) is 80.7 Å². The Morgan fingerprint density at radius 2 is 1.59 bits per heavy atom. The zero-order chi connectivity index (χ0) is 36.7. The fourth-order valence-corrected chi connectivity index (χ4v) is 6.90. The highest BCUT2D eigenvalue weighted by Crippen LogP contribution is 2.28. The number of nitrogens with one attached hydrogen (secondary N) is 1. The minimum atomic E-state index is -1.23. The number of phenols is 1. The van der Waals surface area contributed by atoms with Crippen molar-refractivity contribution in [2.45, 2.75) is 109 Å². The molecule has 0 aliphatic heterocycles. The van der Waals surface area contributed by atoms with Gasteiger partial charge in [0, 0.05) is 42.8 Å². The number of ether oxygens (including phenoxy) is 1.